The van der Waals surface area contributed by atoms with E-state index in [0.717, 1.165) is 25.7 Å². The van der Waals surface area contributed by atoms with Gasteiger partial charge in [-0.1, -0.05) is 31.4 Å². The molecule has 0 radical (unpaired) electrons. The van der Waals surface area contributed by atoms with Crippen molar-refractivity contribution < 1.29 is 32.3 Å². The van der Waals surface area contributed by atoms with Crippen LogP contribution in [0.1, 0.15) is 77.0 Å². The van der Waals surface area contributed by atoms with Crippen molar-refractivity contribution in [2.24, 2.45) is 11.7 Å². The van der Waals surface area contributed by atoms with Gasteiger partial charge in [0.05, 0.1) is 0 Å². The first-order chi connectivity index (χ1) is 17.6. The number of carbonyl (C=O) groups excluding carboxylic acids is 4. The fourth-order valence-electron chi connectivity index (χ4n) is 5.68. The van der Waals surface area contributed by atoms with Crippen molar-refractivity contribution in [1.82, 2.24) is 19.7 Å². The van der Waals surface area contributed by atoms with Gasteiger partial charge in [-0.05, 0) is 57.8 Å². The van der Waals surface area contributed by atoms with E-state index < -0.39 is 51.7 Å². The molecule has 0 spiro atoms. The maximum Gasteiger partial charge on any atom is 0.405 e. The molecule has 0 aromatic carbocycles. The average Bonchev–Trinajstić information content (AvgIpc) is 3.18. The molecule has 0 aromatic rings. The zero-order valence-corrected chi connectivity index (χ0v) is 21.8. The summed E-state index contributed by atoms with van der Waals surface area (Å²) in [7, 11) is -4.10. The van der Waals surface area contributed by atoms with Crippen molar-refractivity contribution >= 4 is 34.0 Å². The van der Waals surface area contributed by atoms with Crippen LogP contribution in [0.15, 0.2) is 12.2 Å². The Balaban J connectivity index is 1.53. The molecule has 0 aromatic heterocycles. The van der Waals surface area contributed by atoms with E-state index in [2.05, 4.69) is 14.8 Å². The van der Waals surface area contributed by atoms with Crippen LogP contribution in [0, 0.1) is 5.92 Å². The standard InChI is InChI=1S/C24H37N5O7S/c25-23(33)36-19-13-5-3-1-2-4-9-16-15-24(16,26-20(30)18-12-8-14-29(18)21(19)31)22(32)28-37(34,35)27-17-10-6-7-11-17/h4,9,16-19,27H,1-3,5-8,10-15H2,(H2,25,33)(H,26,30)(H,28,32)/b9-4+. The van der Waals surface area contributed by atoms with Crippen molar-refractivity contribution in [2.45, 2.75) is 101 Å². The summed E-state index contributed by atoms with van der Waals surface area (Å²) in [5.41, 5.74) is 3.77. The number of hydrogen-bond donors (Lipinski definition) is 4. The molecule has 4 amide bonds. The molecular formula is C24H37N5O7S. The Morgan fingerprint density at radius 1 is 1.05 bits per heavy atom. The van der Waals surface area contributed by atoms with Gasteiger partial charge >= 0.3 is 16.3 Å². The maximum absolute atomic E-state index is 13.4. The third kappa shape index (κ3) is 6.61. The highest BCUT2D eigenvalue weighted by atomic mass is 32.2. The van der Waals surface area contributed by atoms with Gasteiger partial charge in [-0.2, -0.15) is 13.1 Å². The molecule has 12 nitrogen and oxygen atoms in total. The second-order valence-electron chi connectivity index (χ2n) is 10.5. The molecule has 2 heterocycles. The first-order valence-corrected chi connectivity index (χ1v) is 14.7. The van der Waals surface area contributed by atoms with Crippen LogP contribution in [-0.4, -0.2) is 67.4 Å². The van der Waals surface area contributed by atoms with E-state index in [1.165, 1.54) is 4.90 Å². The molecule has 2 saturated carbocycles. The van der Waals surface area contributed by atoms with Crippen molar-refractivity contribution in [3.8, 4) is 0 Å². The Kier molecular flexibility index (Phi) is 8.42. The number of primary amides is 1. The molecule has 2 aliphatic heterocycles. The van der Waals surface area contributed by atoms with E-state index in [4.69, 9.17) is 10.5 Å². The lowest BCUT2D eigenvalue weighted by atomic mass is 10.1. The summed E-state index contributed by atoms with van der Waals surface area (Å²) in [6.07, 6.45) is 9.41. The molecule has 13 heteroatoms. The number of nitrogens with one attached hydrogen (secondary N) is 3. The minimum absolute atomic E-state index is 0.214. The van der Waals surface area contributed by atoms with Crippen LogP contribution >= 0.6 is 0 Å². The van der Waals surface area contributed by atoms with Crippen LogP contribution < -0.4 is 20.5 Å². The largest absolute Gasteiger partial charge is 0.436 e. The van der Waals surface area contributed by atoms with Crippen molar-refractivity contribution in [1.29, 1.82) is 0 Å². The van der Waals surface area contributed by atoms with Gasteiger partial charge in [0, 0.05) is 18.5 Å². The molecule has 4 unspecified atom stereocenters. The highest BCUT2D eigenvalue weighted by molar-refractivity contribution is 7.88. The molecule has 4 aliphatic rings. The average molecular weight is 540 g/mol. The summed E-state index contributed by atoms with van der Waals surface area (Å²) in [6, 6.07) is -1.08. The summed E-state index contributed by atoms with van der Waals surface area (Å²) >= 11 is 0. The zero-order chi connectivity index (χ0) is 26.6. The number of carbonyl (C=O) groups is 4. The van der Waals surface area contributed by atoms with E-state index in [-0.39, 0.29) is 18.4 Å². The quantitative estimate of drug-likeness (QED) is 0.372. The van der Waals surface area contributed by atoms with E-state index >= 15 is 0 Å². The van der Waals surface area contributed by atoms with Crippen molar-refractivity contribution in [2.75, 3.05) is 6.54 Å². The normalized spacial score (nSPS) is 32.3. The van der Waals surface area contributed by atoms with E-state index in [1.54, 1.807) is 0 Å². The number of hydrogen-bond acceptors (Lipinski definition) is 7. The van der Waals surface area contributed by atoms with Gasteiger partial charge in [0.1, 0.15) is 11.6 Å². The second-order valence-corrected chi connectivity index (χ2v) is 11.9. The van der Waals surface area contributed by atoms with Crippen LogP contribution in [0.5, 0.6) is 0 Å². The number of fused-ring (bicyclic) bond motifs is 2. The van der Waals surface area contributed by atoms with Crippen LogP contribution in [0.4, 0.5) is 4.79 Å². The Morgan fingerprint density at radius 2 is 1.78 bits per heavy atom. The summed E-state index contributed by atoms with van der Waals surface area (Å²) in [5.74, 6) is -2.18. The number of nitrogens with two attached hydrogens (primary N) is 1. The molecule has 1 saturated heterocycles. The molecular weight excluding hydrogens is 502 g/mol. The van der Waals surface area contributed by atoms with Crippen LogP contribution in [0.2, 0.25) is 0 Å². The lowest BCUT2D eigenvalue weighted by Gasteiger charge is -2.29. The predicted octanol–water partition coefficient (Wildman–Crippen LogP) is 0.730. The fourth-order valence-corrected chi connectivity index (χ4v) is 6.84. The van der Waals surface area contributed by atoms with E-state index in [0.29, 0.717) is 51.5 Å². The minimum Gasteiger partial charge on any atom is -0.436 e. The van der Waals surface area contributed by atoms with Crippen molar-refractivity contribution in [3.63, 3.8) is 0 Å². The van der Waals surface area contributed by atoms with Gasteiger partial charge < -0.3 is 20.7 Å². The Hall–Kier alpha value is -2.67. The number of allylic oxidation sites excluding steroid dienone is 1. The Labute approximate surface area is 217 Å². The number of rotatable bonds is 5. The van der Waals surface area contributed by atoms with E-state index in [1.807, 2.05) is 12.2 Å². The predicted molar refractivity (Wildman–Crippen MR) is 133 cm³/mol. The molecule has 2 aliphatic carbocycles. The van der Waals surface area contributed by atoms with Gasteiger partial charge in [0.2, 0.25) is 5.91 Å². The maximum atomic E-state index is 13.4. The molecule has 4 atom stereocenters. The Morgan fingerprint density at radius 3 is 2.51 bits per heavy atom. The SMILES string of the molecule is NC(=O)OC1CCCCC/C=C/C2CC2(C(=O)NS(=O)(=O)NC2CCCC2)NC(=O)C2CCCN2C1=O. The fraction of sp³-hybridized carbons (Fsp3) is 0.750. The minimum atomic E-state index is -4.10. The number of amides is 4. The van der Waals surface area contributed by atoms with Gasteiger partial charge in [-0.3, -0.25) is 14.4 Å². The second kappa shape index (κ2) is 11.4. The van der Waals surface area contributed by atoms with E-state index in [9.17, 15) is 27.6 Å². The topological polar surface area (TPSA) is 177 Å². The van der Waals surface area contributed by atoms with Gasteiger partial charge in [0.25, 0.3) is 11.8 Å². The molecule has 206 valence electrons. The highest BCUT2D eigenvalue weighted by Gasteiger charge is 2.61. The summed E-state index contributed by atoms with van der Waals surface area (Å²) in [6.45, 7) is 0.303. The third-order valence-electron chi connectivity index (χ3n) is 7.75. The molecule has 3 fully saturated rings. The third-order valence-corrected chi connectivity index (χ3v) is 8.85. The highest BCUT2D eigenvalue weighted by Crippen LogP contribution is 2.45. The van der Waals surface area contributed by atoms with Gasteiger partial charge in [0.15, 0.2) is 6.10 Å². The summed E-state index contributed by atoms with van der Waals surface area (Å²) in [4.78, 5) is 52.7. The molecule has 0 bridgehead atoms. The van der Waals surface area contributed by atoms with Gasteiger partial charge in [-0.25, -0.2) is 9.52 Å². The van der Waals surface area contributed by atoms with Crippen molar-refractivity contribution in [3.05, 3.63) is 12.2 Å². The smallest absolute Gasteiger partial charge is 0.405 e. The summed E-state index contributed by atoms with van der Waals surface area (Å²) < 4.78 is 35.0. The molecule has 5 N–H and O–H groups in total. The first-order valence-electron chi connectivity index (χ1n) is 13.2. The van der Waals surface area contributed by atoms with Gasteiger partial charge in [-0.15, -0.1) is 0 Å². The Bertz CT molecular complexity index is 1040. The monoisotopic (exact) mass is 539 g/mol. The summed E-state index contributed by atoms with van der Waals surface area (Å²) in [5, 5.41) is 2.78. The molecule has 37 heavy (non-hydrogen) atoms. The van der Waals surface area contributed by atoms with Crippen LogP contribution in [0.3, 0.4) is 0 Å². The number of nitrogens with zero attached hydrogens (tertiary/aromatic N) is 1. The number of ether oxygens (including phenoxy) is 1. The first kappa shape index (κ1) is 27.4. The molecule has 4 rings (SSSR count). The zero-order valence-electron chi connectivity index (χ0n) is 20.9. The van der Waals surface area contributed by atoms with Crippen LogP contribution in [0.25, 0.3) is 0 Å². The lowest BCUT2D eigenvalue weighted by molar-refractivity contribution is -0.146. The van der Waals surface area contributed by atoms with Crippen LogP contribution in [-0.2, 0) is 29.3 Å². The lowest BCUT2D eigenvalue weighted by Crippen LogP contribution is -2.58.